The van der Waals surface area contributed by atoms with Gasteiger partial charge in [0.15, 0.2) is 0 Å². The lowest BCUT2D eigenvalue weighted by Crippen LogP contribution is -2.30. The van der Waals surface area contributed by atoms with E-state index in [-0.39, 0.29) is 6.04 Å². The molecule has 0 fully saturated rings. The van der Waals surface area contributed by atoms with E-state index >= 15 is 0 Å². The zero-order valence-corrected chi connectivity index (χ0v) is 13.6. The number of benzene rings is 1. The fraction of sp³-hybridized carbons (Fsp3) is 0.474. The molecular weight excluding hydrogens is 256 g/mol. The SMILES string of the molecule is C=CCc1cccc(C(CN)NCCC(C)C)c1CC=C. The molecule has 0 saturated carbocycles. The van der Waals surface area contributed by atoms with Crippen molar-refractivity contribution in [3.05, 3.63) is 60.2 Å². The Balaban J connectivity index is 2.98. The first kappa shape index (κ1) is 17.7. The van der Waals surface area contributed by atoms with Gasteiger partial charge in [-0.05, 0) is 48.4 Å². The number of nitrogens with one attached hydrogen (secondary N) is 1. The molecule has 2 nitrogen and oxygen atoms in total. The highest BCUT2D eigenvalue weighted by Crippen LogP contribution is 2.23. The second kappa shape index (κ2) is 9.54. The maximum Gasteiger partial charge on any atom is 0.0447 e. The van der Waals surface area contributed by atoms with E-state index in [0.29, 0.717) is 12.5 Å². The van der Waals surface area contributed by atoms with Crippen LogP contribution in [0.25, 0.3) is 0 Å². The van der Waals surface area contributed by atoms with Crippen LogP contribution in [0.5, 0.6) is 0 Å². The van der Waals surface area contributed by atoms with Gasteiger partial charge < -0.3 is 11.1 Å². The molecule has 0 heterocycles. The smallest absolute Gasteiger partial charge is 0.0447 e. The maximum absolute atomic E-state index is 6.00. The van der Waals surface area contributed by atoms with E-state index in [2.05, 4.69) is 50.5 Å². The normalized spacial score (nSPS) is 12.4. The molecule has 1 atom stereocenters. The molecule has 0 aliphatic heterocycles. The van der Waals surface area contributed by atoms with Crippen LogP contribution in [0, 0.1) is 5.92 Å². The molecule has 0 aromatic heterocycles. The van der Waals surface area contributed by atoms with E-state index in [1.807, 2.05) is 12.2 Å². The molecule has 0 saturated heterocycles. The van der Waals surface area contributed by atoms with Crippen molar-refractivity contribution in [2.24, 2.45) is 11.7 Å². The van der Waals surface area contributed by atoms with E-state index < -0.39 is 0 Å². The number of rotatable bonds is 10. The molecule has 1 aromatic carbocycles. The summed E-state index contributed by atoms with van der Waals surface area (Å²) in [4.78, 5) is 0. The third-order valence-corrected chi connectivity index (χ3v) is 3.75. The predicted molar refractivity (Wildman–Crippen MR) is 93.5 cm³/mol. The van der Waals surface area contributed by atoms with E-state index in [0.717, 1.165) is 19.4 Å². The minimum Gasteiger partial charge on any atom is -0.329 e. The Hall–Kier alpha value is -1.38. The highest BCUT2D eigenvalue weighted by atomic mass is 14.9. The van der Waals surface area contributed by atoms with Crippen LogP contribution in [0.1, 0.15) is 43.0 Å². The second-order valence-corrected chi connectivity index (χ2v) is 5.90. The van der Waals surface area contributed by atoms with Crippen LogP contribution < -0.4 is 11.1 Å². The zero-order valence-electron chi connectivity index (χ0n) is 13.6. The van der Waals surface area contributed by atoms with E-state index in [9.17, 15) is 0 Å². The largest absolute Gasteiger partial charge is 0.329 e. The molecule has 0 bridgehead atoms. The average molecular weight is 286 g/mol. The van der Waals surface area contributed by atoms with Gasteiger partial charge in [-0.3, -0.25) is 0 Å². The summed E-state index contributed by atoms with van der Waals surface area (Å²) in [7, 11) is 0. The highest BCUT2D eigenvalue weighted by Gasteiger charge is 2.15. The van der Waals surface area contributed by atoms with Gasteiger partial charge in [0.25, 0.3) is 0 Å². The van der Waals surface area contributed by atoms with Gasteiger partial charge in [-0.1, -0.05) is 44.2 Å². The summed E-state index contributed by atoms with van der Waals surface area (Å²) in [6.45, 7) is 13.8. The first-order chi connectivity index (χ1) is 10.1. The molecule has 1 rings (SSSR count). The second-order valence-electron chi connectivity index (χ2n) is 5.90. The van der Waals surface area contributed by atoms with Gasteiger partial charge in [0.1, 0.15) is 0 Å². The quantitative estimate of drug-likeness (QED) is 0.642. The maximum atomic E-state index is 6.00. The molecule has 0 aliphatic carbocycles. The van der Waals surface area contributed by atoms with Crippen molar-refractivity contribution in [1.29, 1.82) is 0 Å². The van der Waals surface area contributed by atoms with Crippen molar-refractivity contribution < 1.29 is 0 Å². The van der Waals surface area contributed by atoms with E-state index in [1.54, 1.807) is 0 Å². The predicted octanol–water partition coefficient (Wildman–Crippen LogP) is 3.78. The highest BCUT2D eigenvalue weighted by molar-refractivity contribution is 5.39. The van der Waals surface area contributed by atoms with Crippen LogP contribution in [0.2, 0.25) is 0 Å². The van der Waals surface area contributed by atoms with Crippen molar-refractivity contribution in [3.63, 3.8) is 0 Å². The molecule has 0 radical (unpaired) electrons. The van der Waals surface area contributed by atoms with Crippen molar-refractivity contribution in [1.82, 2.24) is 5.32 Å². The van der Waals surface area contributed by atoms with Gasteiger partial charge in [-0.2, -0.15) is 0 Å². The lowest BCUT2D eigenvalue weighted by Gasteiger charge is -2.22. The number of hydrogen-bond acceptors (Lipinski definition) is 2. The summed E-state index contributed by atoms with van der Waals surface area (Å²) < 4.78 is 0. The van der Waals surface area contributed by atoms with Crippen LogP contribution in [0.15, 0.2) is 43.5 Å². The number of nitrogens with two attached hydrogens (primary N) is 1. The third kappa shape index (κ3) is 5.49. The standard InChI is InChI=1S/C19H30N2/c1-5-8-16-10-7-11-18(17(16)9-6-2)19(14-20)21-13-12-15(3)4/h5-7,10-11,15,19,21H,1-2,8-9,12-14,20H2,3-4H3. The molecule has 1 aromatic rings. The molecule has 0 aliphatic rings. The first-order valence-electron chi connectivity index (χ1n) is 7.89. The summed E-state index contributed by atoms with van der Waals surface area (Å²) in [5.41, 5.74) is 9.98. The Morgan fingerprint density at radius 1 is 1.19 bits per heavy atom. The molecule has 2 heteroatoms. The molecule has 0 spiro atoms. The Labute approximate surface area is 130 Å². The van der Waals surface area contributed by atoms with Gasteiger partial charge in [-0.25, -0.2) is 0 Å². The summed E-state index contributed by atoms with van der Waals surface area (Å²) in [6.07, 6.45) is 6.85. The van der Waals surface area contributed by atoms with Crippen LogP contribution >= 0.6 is 0 Å². The Morgan fingerprint density at radius 3 is 2.48 bits per heavy atom. The lowest BCUT2D eigenvalue weighted by molar-refractivity contribution is 0.481. The minimum absolute atomic E-state index is 0.212. The van der Waals surface area contributed by atoms with Gasteiger partial charge in [-0.15, -0.1) is 13.2 Å². The fourth-order valence-corrected chi connectivity index (χ4v) is 2.59. The lowest BCUT2D eigenvalue weighted by atomic mass is 9.92. The number of allylic oxidation sites excluding steroid dienone is 2. The Bertz CT molecular complexity index is 449. The molecule has 1 unspecified atom stereocenters. The monoisotopic (exact) mass is 286 g/mol. The summed E-state index contributed by atoms with van der Waals surface area (Å²) in [5, 5.41) is 3.60. The van der Waals surface area contributed by atoms with Crippen molar-refractivity contribution in [2.75, 3.05) is 13.1 Å². The van der Waals surface area contributed by atoms with Crippen LogP contribution in [-0.4, -0.2) is 13.1 Å². The Morgan fingerprint density at radius 2 is 1.90 bits per heavy atom. The summed E-state index contributed by atoms with van der Waals surface area (Å²) in [6, 6.07) is 6.69. The van der Waals surface area contributed by atoms with Gasteiger partial charge in [0.05, 0.1) is 0 Å². The van der Waals surface area contributed by atoms with Crippen molar-refractivity contribution >= 4 is 0 Å². The van der Waals surface area contributed by atoms with Crippen molar-refractivity contribution in [3.8, 4) is 0 Å². The first-order valence-corrected chi connectivity index (χ1v) is 7.89. The van der Waals surface area contributed by atoms with Gasteiger partial charge in [0, 0.05) is 12.6 Å². The van der Waals surface area contributed by atoms with Crippen molar-refractivity contribution in [2.45, 2.75) is 39.2 Å². The summed E-state index contributed by atoms with van der Waals surface area (Å²) >= 11 is 0. The molecule has 3 N–H and O–H groups in total. The number of hydrogen-bond donors (Lipinski definition) is 2. The third-order valence-electron chi connectivity index (χ3n) is 3.75. The van der Waals surface area contributed by atoms with E-state index in [4.69, 9.17) is 5.73 Å². The van der Waals surface area contributed by atoms with Crippen LogP contribution in [0.4, 0.5) is 0 Å². The van der Waals surface area contributed by atoms with Gasteiger partial charge >= 0.3 is 0 Å². The Kier molecular flexibility index (Phi) is 8.03. The molecular formula is C19H30N2. The topological polar surface area (TPSA) is 38.0 Å². The molecule has 21 heavy (non-hydrogen) atoms. The van der Waals surface area contributed by atoms with Crippen LogP contribution in [0.3, 0.4) is 0 Å². The van der Waals surface area contributed by atoms with Crippen LogP contribution in [-0.2, 0) is 12.8 Å². The van der Waals surface area contributed by atoms with E-state index in [1.165, 1.54) is 23.1 Å². The fourth-order valence-electron chi connectivity index (χ4n) is 2.59. The molecule has 116 valence electrons. The zero-order chi connectivity index (χ0) is 15.7. The molecule has 0 amide bonds. The summed E-state index contributed by atoms with van der Waals surface area (Å²) in [5.74, 6) is 0.704. The minimum atomic E-state index is 0.212. The average Bonchev–Trinajstić information content (AvgIpc) is 2.46. The van der Waals surface area contributed by atoms with Gasteiger partial charge in [0.2, 0.25) is 0 Å².